The molecule has 1 aliphatic rings. The first-order valence-corrected chi connectivity index (χ1v) is 12.9. The van der Waals surface area contributed by atoms with Crippen LogP contribution in [-0.2, 0) is 17.5 Å². The Bertz CT molecular complexity index is 1430. The maximum Gasteiger partial charge on any atom is 0.416 e. The Labute approximate surface area is 224 Å². The fraction of sp³-hybridized carbons (Fsp3) is 0.310. The normalized spacial score (nSPS) is 15.0. The van der Waals surface area contributed by atoms with Gasteiger partial charge in [0.2, 0.25) is 0 Å². The van der Waals surface area contributed by atoms with E-state index in [-0.39, 0.29) is 24.4 Å². The molecule has 7 nitrogen and oxygen atoms in total. The summed E-state index contributed by atoms with van der Waals surface area (Å²) in [6.45, 7) is 6.03. The number of ether oxygens (including phenoxy) is 1. The number of anilines is 1. The average Bonchev–Trinajstić information content (AvgIpc) is 3.42. The molecule has 10 heteroatoms. The van der Waals surface area contributed by atoms with Crippen LogP contribution in [0, 0.1) is 0 Å². The van der Waals surface area contributed by atoms with E-state index in [1.165, 1.54) is 12.1 Å². The Kier molecular flexibility index (Phi) is 7.85. The van der Waals surface area contributed by atoms with Gasteiger partial charge in [0, 0.05) is 62.6 Å². The minimum atomic E-state index is -4.53. The lowest BCUT2D eigenvalue weighted by atomic mass is 10.0. The summed E-state index contributed by atoms with van der Waals surface area (Å²) in [4.78, 5) is 21.2. The van der Waals surface area contributed by atoms with Crippen molar-refractivity contribution in [1.82, 2.24) is 19.2 Å². The van der Waals surface area contributed by atoms with Gasteiger partial charge in [-0.25, -0.2) is 4.98 Å². The van der Waals surface area contributed by atoms with Crippen molar-refractivity contribution in [3.05, 3.63) is 84.3 Å². The van der Waals surface area contributed by atoms with Gasteiger partial charge in [-0.2, -0.15) is 13.2 Å². The lowest BCUT2D eigenvalue weighted by molar-refractivity contribution is -0.138. The third-order valence-electron chi connectivity index (χ3n) is 6.96. The lowest BCUT2D eigenvalue weighted by Gasteiger charge is -2.34. The summed E-state index contributed by atoms with van der Waals surface area (Å²) in [5.74, 6) is -0.0727. The van der Waals surface area contributed by atoms with Gasteiger partial charge >= 0.3 is 6.18 Å². The number of pyridine rings is 1. The van der Waals surface area contributed by atoms with Gasteiger partial charge in [0.05, 0.1) is 5.56 Å². The molecular formula is C29H30F3N5O2. The highest BCUT2D eigenvalue weighted by Crippen LogP contribution is 2.34. The largest absolute Gasteiger partial charge is 0.484 e. The number of hydrogen-bond acceptors (Lipinski definition) is 5. The Morgan fingerprint density at radius 3 is 2.46 bits per heavy atom. The van der Waals surface area contributed by atoms with Crippen LogP contribution in [-0.4, -0.2) is 64.4 Å². The van der Waals surface area contributed by atoms with E-state index in [2.05, 4.69) is 22.1 Å². The number of carbonyl (C=O) groups excluding carboxylic acids is 1. The number of piperazine rings is 1. The molecule has 5 rings (SSSR count). The van der Waals surface area contributed by atoms with Crippen molar-refractivity contribution in [3.63, 3.8) is 0 Å². The van der Waals surface area contributed by atoms with Crippen LogP contribution in [0.4, 0.5) is 18.9 Å². The number of nitrogens with zero attached hydrogens (tertiary/aromatic N) is 4. The number of halogens is 3. The third kappa shape index (κ3) is 6.40. The van der Waals surface area contributed by atoms with E-state index < -0.39 is 17.6 Å². The summed E-state index contributed by atoms with van der Waals surface area (Å²) in [5.41, 5.74) is 2.28. The van der Waals surface area contributed by atoms with E-state index in [0.717, 1.165) is 55.6 Å². The molecule has 1 amide bonds. The molecule has 1 aliphatic heterocycles. The fourth-order valence-corrected chi connectivity index (χ4v) is 4.81. The SMILES string of the molecule is CCN1CCN(Cc2ccc(NC(=O)COc3ccc(-c4cccn5ccnc45)cc3)cc2C(F)(F)F)CC1. The van der Waals surface area contributed by atoms with Crippen LogP contribution >= 0.6 is 0 Å². The third-order valence-corrected chi connectivity index (χ3v) is 6.96. The molecule has 0 spiro atoms. The first-order chi connectivity index (χ1) is 18.8. The number of likely N-dealkylation sites (N-methyl/N-ethyl adjacent to an activating group) is 1. The highest BCUT2D eigenvalue weighted by Gasteiger charge is 2.34. The van der Waals surface area contributed by atoms with Crippen molar-refractivity contribution >= 4 is 17.2 Å². The van der Waals surface area contributed by atoms with Gasteiger partial charge < -0.3 is 19.4 Å². The molecular weight excluding hydrogens is 507 g/mol. The van der Waals surface area contributed by atoms with E-state index in [1.807, 2.05) is 46.0 Å². The van der Waals surface area contributed by atoms with Gasteiger partial charge in [-0.05, 0) is 54.1 Å². The van der Waals surface area contributed by atoms with Crippen molar-refractivity contribution < 1.29 is 22.7 Å². The molecule has 0 unspecified atom stereocenters. The van der Waals surface area contributed by atoms with Crippen LogP contribution in [0.3, 0.4) is 0 Å². The van der Waals surface area contributed by atoms with Crippen molar-refractivity contribution in [2.45, 2.75) is 19.6 Å². The maximum atomic E-state index is 13.9. The van der Waals surface area contributed by atoms with Crippen molar-refractivity contribution in [2.75, 3.05) is 44.6 Å². The van der Waals surface area contributed by atoms with E-state index >= 15 is 0 Å². The standard InChI is InChI=1S/C29H30F3N5O2/c1-2-35-14-16-36(17-15-35)19-22-5-8-23(18-26(22)29(30,31)32)34-27(38)20-39-24-9-6-21(7-10-24)25-4-3-12-37-13-11-33-28(25)37/h3-13,18H,2,14-17,19-20H2,1H3,(H,34,38). The molecule has 3 heterocycles. The lowest BCUT2D eigenvalue weighted by Crippen LogP contribution is -2.45. The molecule has 1 saturated heterocycles. The molecule has 2 aromatic carbocycles. The number of rotatable bonds is 8. The van der Waals surface area contributed by atoms with Crippen LogP contribution in [0.1, 0.15) is 18.1 Å². The first-order valence-electron chi connectivity index (χ1n) is 12.9. The summed E-state index contributed by atoms with van der Waals surface area (Å²) in [7, 11) is 0. The van der Waals surface area contributed by atoms with Crippen LogP contribution in [0.2, 0.25) is 0 Å². The molecule has 204 valence electrons. The monoisotopic (exact) mass is 537 g/mol. The number of alkyl halides is 3. The predicted octanol–water partition coefficient (Wildman–Crippen LogP) is 5.18. The summed E-state index contributed by atoms with van der Waals surface area (Å²) in [5, 5.41) is 2.53. The van der Waals surface area contributed by atoms with E-state index in [4.69, 9.17) is 4.74 Å². The molecule has 0 aliphatic carbocycles. The van der Waals surface area contributed by atoms with Crippen LogP contribution in [0.25, 0.3) is 16.8 Å². The topological polar surface area (TPSA) is 62.1 Å². The molecule has 2 aromatic heterocycles. The average molecular weight is 538 g/mol. The molecule has 39 heavy (non-hydrogen) atoms. The predicted molar refractivity (Wildman–Crippen MR) is 144 cm³/mol. The Morgan fingerprint density at radius 1 is 1.00 bits per heavy atom. The maximum absolute atomic E-state index is 13.9. The van der Waals surface area contributed by atoms with E-state index in [9.17, 15) is 18.0 Å². The Morgan fingerprint density at radius 2 is 1.74 bits per heavy atom. The second-order valence-corrected chi connectivity index (χ2v) is 9.52. The number of imidazole rings is 1. The number of hydrogen-bond donors (Lipinski definition) is 1. The molecule has 0 radical (unpaired) electrons. The number of amides is 1. The number of fused-ring (bicyclic) bond motifs is 1. The second-order valence-electron chi connectivity index (χ2n) is 9.52. The van der Waals surface area contributed by atoms with Crippen molar-refractivity contribution in [3.8, 4) is 16.9 Å². The van der Waals surface area contributed by atoms with Gasteiger partial charge in [0.25, 0.3) is 5.91 Å². The quantitative estimate of drug-likeness (QED) is 0.336. The number of benzene rings is 2. The minimum absolute atomic E-state index is 0.0821. The van der Waals surface area contributed by atoms with Crippen molar-refractivity contribution in [1.29, 1.82) is 0 Å². The van der Waals surface area contributed by atoms with Crippen LogP contribution in [0.15, 0.2) is 73.2 Å². The molecule has 4 aromatic rings. The van der Waals surface area contributed by atoms with Gasteiger partial charge in [0.15, 0.2) is 6.61 Å². The number of nitrogens with one attached hydrogen (secondary N) is 1. The van der Waals surface area contributed by atoms with E-state index in [1.54, 1.807) is 18.3 Å². The van der Waals surface area contributed by atoms with Gasteiger partial charge in [0.1, 0.15) is 11.4 Å². The van der Waals surface area contributed by atoms with Gasteiger partial charge in [-0.1, -0.05) is 25.1 Å². The molecule has 1 fully saturated rings. The molecule has 0 saturated carbocycles. The zero-order valence-corrected chi connectivity index (χ0v) is 21.6. The minimum Gasteiger partial charge on any atom is -0.484 e. The highest BCUT2D eigenvalue weighted by atomic mass is 19.4. The Balaban J connectivity index is 1.19. The summed E-state index contributed by atoms with van der Waals surface area (Å²) in [6, 6.07) is 15.1. The smallest absolute Gasteiger partial charge is 0.416 e. The molecule has 0 bridgehead atoms. The second kappa shape index (κ2) is 11.5. The van der Waals surface area contributed by atoms with Crippen LogP contribution < -0.4 is 10.1 Å². The highest BCUT2D eigenvalue weighted by molar-refractivity contribution is 5.92. The Hall–Kier alpha value is -3.89. The zero-order chi connectivity index (χ0) is 27.4. The molecule has 0 atom stereocenters. The van der Waals surface area contributed by atoms with Crippen molar-refractivity contribution in [2.24, 2.45) is 0 Å². The first kappa shape index (κ1) is 26.7. The summed E-state index contributed by atoms with van der Waals surface area (Å²) in [6.07, 6.45) is 0.992. The number of aromatic nitrogens is 2. The zero-order valence-electron chi connectivity index (χ0n) is 21.6. The van der Waals surface area contributed by atoms with E-state index in [0.29, 0.717) is 5.75 Å². The number of carbonyl (C=O) groups is 1. The van der Waals surface area contributed by atoms with Crippen LogP contribution in [0.5, 0.6) is 5.75 Å². The van der Waals surface area contributed by atoms with Gasteiger partial charge in [-0.3, -0.25) is 9.69 Å². The molecule has 1 N–H and O–H groups in total. The van der Waals surface area contributed by atoms with Gasteiger partial charge in [-0.15, -0.1) is 0 Å². The fourth-order valence-electron chi connectivity index (χ4n) is 4.81. The summed E-state index contributed by atoms with van der Waals surface area (Å²) < 4.78 is 49.1. The summed E-state index contributed by atoms with van der Waals surface area (Å²) >= 11 is 0.